The van der Waals surface area contributed by atoms with Crippen LogP contribution in [0, 0.1) is 0 Å². The molecule has 1 aromatic carbocycles. The normalized spacial score (nSPS) is 9.69. The summed E-state index contributed by atoms with van der Waals surface area (Å²) in [7, 11) is 1.55. The van der Waals surface area contributed by atoms with Gasteiger partial charge in [0.05, 0.1) is 7.11 Å². The molecule has 0 saturated carbocycles. The molecular formula is C13H16O3. The van der Waals surface area contributed by atoms with Crippen molar-refractivity contribution in [2.45, 2.75) is 20.3 Å². The highest BCUT2D eigenvalue weighted by molar-refractivity contribution is 5.89. The van der Waals surface area contributed by atoms with E-state index < -0.39 is 5.97 Å². The molecule has 0 aliphatic heterocycles. The number of methoxy groups -OCH3 is 1. The molecule has 0 atom stereocenters. The largest absolute Gasteiger partial charge is 0.493 e. The van der Waals surface area contributed by atoms with Crippen LogP contribution >= 0.6 is 0 Å². The first-order valence-electron chi connectivity index (χ1n) is 5.13. The average molecular weight is 220 g/mol. The first-order valence-corrected chi connectivity index (χ1v) is 5.13. The number of carbonyl (C=O) groups excluding carboxylic acids is 1. The lowest BCUT2D eigenvalue weighted by molar-refractivity contribution is -0.130. The zero-order chi connectivity index (χ0) is 12.1. The van der Waals surface area contributed by atoms with Gasteiger partial charge in [-0.25, -0.2) is 4.79 Å². The minimum Gasteiger partial charge on any atom is -0.493 e. The van der Waals surface area contributed by atoms with E-state index in [1.807, 2.05) is 19.1 Å². The van der Waals surface area contributed by atoms with E-state index in [0.717, 1.165) is 12.0 Å². The maximum absolute atomic E-state index is 11.4. The number of benzene rings is 1. The predicted molar refractivity (Wildman–Crippen MR) is 62.8 cm³/mol. The fraction of sp³-hybridized carbons (Fsp3) is 0.308. The smallest absolute Gasteiger partial charge is 0.338 e. The van der Waals surface area contributed by atoms with E-state index in [9.17, 15) is 4.79 Å². The van der Waals surface area contributed by atoms with Crippen molar-refractivity contribution in [1.29, 1.82) is 0 Å². The van der Waals surface area contributed by atoms with Crippen molar-refractivity contribution in [2.24, 2.45) is 0 Å². The number of ether oxygens (including phenoxy) is 2. The molecule has 16 heavy (non-hydrogen) atoms. The monoisotopic (exact) mass is 220 g/mol. The highest BCUT2D eigenvalue weighted by Crippen LogP contribution is 2.28. The third-order valence-corrected chi connectivity index (χ3v) is 2.19. The standard InChI is InChI=1S/C13H16O3/c1-5-10-6-7-11(12(8-10)15-4)16-13(14)9(2)3/h6-8H,2,5H2,1,3-4H3. The molecule has 0 aromatic heterocycles. The molecule has 3 nitrogen and oxygen atoms in total. The Morgan fingerprint density at radius 3 is 2.56 bits per heavy atom. The van der Waals surface area contributed by atoms with Gasteiger partial charge in [0, 0.05) is 5.57 Å². The zero-order valence-corrected chi connectivity index (χ0v) is 9.87. The minimum absolute atomic E-state index is 0.363. The Balaban J connectivity index is 2.96. The zero-order valence-electron chi connectivity index (χ0n) is 9.87. The van der Waals surface area contributed by atoms with Gasteiger partial charge in [-0.2, -0.15) is 0 Å². The molecule has 0 radical (unpaired) electrons. The quantitative estimate of drug-likeness (QED) is 0.444. The van der Waals surface area contributed by atoms with Crippen molar-refractivity contribution in [3.8, 4) is 11.5 Å². The number of hydrogen-bond donors (Lipinski definition) is 0. The summed E-state index contributed by atoms with van der Waals surface area (Å²) in [6.07, 6.45) is 0.908. The molecular weight excluding hydrogens is 204 g/mol. The summed E-state index contributed by atoms with van der Waals surface area (Å²) in [6, 6.07) is 5.50. The lowest BCUT2D eigenvalue weighted by Gasteiger charge is -2.10. The van der Waals surface area contributed by atoms with Gasteiger partial charge in [-0.15, -0.1) is 0 Å². The van der Waals surface area contributed by atoms with E-state index in [1.165, 1.54) is 0 Å². The van der Waals surface area contributed by atoms with Gasteiger partial charge < -0.3 is 9.47 Å². The molecule has 3 heteroatoms. The van der Waals surface area contributed by atoms with Gasteiger partial charge in [0.2, 0.25) is 0 Å². The van der Waals surface area contributed by atoms with E-state index in [2.05, 4.69) is 6.58 Å². The van der Waals surface area contributed by atoms with Gasteiger partial charge in [0.1, 0.15) is 0 Å². The number of hydrogen-bond acceptors (Lipinski definition) is 3. The van der Waals surface area contributed by atoms with Crippen LogP contribution in [0.4, 0.5) is 0 Å². The maximum atomic E-state index is 11.4. The molecule has 0 bridgehead atoms. The van der Waals surface area contributed by atoms with Crippen molar-refractivity contribution in [2.75, 3.05) is 7.11 Å². The van der Waals surface area contributed by atoms with Gasteiger partial charge in [-0.1, -0.05) is 19.6 Å². The summed E-state index contributed by atoms with van der Waals surface area (Å²) < 4.78 is 10.3. The third kappa shape index (κ3) is 2.86. The van der Waals surface area contributed by atoms with Crippen molar-refractivity contribution in [1.82, 2.24) is 0 Å². The average Bonchev–Trinajstić information content (AvgIpc) is 2.29. The van der Waals surface area contributed by atoms with Crippen molar-refractivity contribution in [3.05, 3.63) is 35.9 Å². The Kier molecular flexibility index (Phi) is 4.11. The van der Waals surface area contributed by atoms with Gasteiger partial charge in [-0.05, 0) is 31.0 Å². The fourth-order valence-corrected chi connectivity index (χ4v) is 1.20. The Hall–Kier alpha value is -1.77. The summed E-state index contributed by atoms with van der Waals surface area (Å²) in [4.78, 5) is 11.4. The second kappa shape index (κ2) is 5.35. The predicted octanol–water partition coefficient (Wildman–Crippen LogP) is 2.74. The Bertz CT molecular complexity index is 408. The van der Waals surface area contributed by atoms with E-state index in [4.69, 9.17) is 9.47 Å². The van der Waals surface area contributed by atoms with E-state index in [-0.39, 0.29) is 0 Å². The molecule has 1 aromatic rings. The molecule has 0 fully saturated rings. The molecule has 0 saturated heterocycles. The van der Waals surface area contributed by atoms with Crippen molar-refractivity contribution < 1.29 is 14.3 Å². The molecule has 0 amide bonds. The topological polar surface area (TPSA) is 35.5 Å². The second-order valence-corrected chi connectivity index (χ2v) is 3.51. The van der Waals surface area contributed by atoms with Crippen LogP contribution in [0.5, 0.6) is 11.5 Å². The SMILES string of the molecule is C=C(C)C(=O)Oc1ccc(CC)cc1OC. The summed E-state index contributed by atoms with van der Waals surface area (Å²) in [5.41, 5.74) is 1.49. The van der Waals surface area contributed by atoms with Gasteiger partial charge in [0.15, 0.2) is 11.5 Å². The molecule has 86 valence electrons. The first kappa shape index (κ1) is 12.3. The minimum atomic E-state index is -0.442. The summed E-state index contributed by atoms with van der Waals surface area (Å²) in [6.45, 7) is 7.18. The Morgan fingerprint density at radius 1 is 1.38 bits per heavy atom. The van der Waals surface area contributed by atoms with Gasteiger partial charge in [-0.3, -0.25) is 0 Å². The maximum Gasteiger partial charge on any atom is 0.338 e. The summed E-state index contributed by atoms with van der Waals surface area (Å²) >= 11 is 0. The number of esters is 1. The van der Waals surface area contributed by atoms with Crippen LogP contribution in [0.2, 0.25) is 0 Å². The number of rotatable bonds is 4. The Morgan fingerprint density at radius 2 is 2.06 bits per heavy atom. The molecule has 0 aliphatic rings. The van der Waals surface area contributed by atoms with Crippen LogP contribution in [0.25, 0.3) is 0 Å². The highest BCUT2D eigenvalue weighted by atomic mass is 16.6. The van der Waals surface area contributed by atoms with E-state index in [0.29, 0.717) is 17.1 Å². The van der Waals surface area contributed by atoms with Crippen LogP contribution in [-0.2, 0) is 11.2 Å². The van der Waals surface area contributed by atoms with E-state index >= 15 is 0 Å². The molecule has 0 spiro atoms. The molecule has 0 unspecified atom stereocenters. The van der Waals surface area contributed by atoms with Crippen molar-refractivity contribution in [3.63, 3.8) is 0 Å². The number of aryl methyl sites for hydroxylation is 1. The van der Waals surface area contributed by atoms with E-state index in [1.54, 1.807) is 20.1 Å². The third-order valence-electron chi connectivity index (χ3n) is 2.19. The number of carbonyl (C=O) groups is 1. The van der Waals surface area contributed by atoms with Gasteiger partial charge >= 0.3 is 5.97 Å². The fourth-order valence-electron chi connectivity index (χ4n) is 1.20. The van der Waals surface area contributed by atoms with Crippen LogP contribution in [0.3, 0.4) is 0 Å². The second-order valence-electron chi connectivity index (χ2n) is 3.51. The van der Waals surface area contributed by atoms with Crippen LogP contribution < -0.4 is 9.47 Å². The first-order chi connectivity index (χ1) is 7.58. The molecule has 0 N–H and O–H groups in total. The van der Waals surface area contributed by atoms with Crippen LogP contribution in [-0.4, -0.2) is 13.1 Å². The lowest BCUT2D eigenvalue weighted by Crippen LogP contribution is -2.09. The summed E-state index contributed by atoms with van der Waals surface area (Å²) in [5.74, 6) is 0.546. The van der Waals surface area contributed by atoms with Crippen molar-refractivity contribution >= 4 is 5.97 Å². The Labute approximate surface area is 95.7 Å². The summed E-state index contributed by atoms with van der Waals surface area (Å²) in [5, 5.41) is 0. The van der Waals surface area contributed by atoms with Crippen LogP contribution in [0.1, 0.15) is 19.4 Å². The van der Waals surface area contributed by atoms with Crippen LogP contribution in [0.15, 0.2) is 30.4 Å². The molecule has 0 aliphatic carbocycles. The van der Waals surface area contributed by atoms with Gasteiger partial charge in [0.25, 0.3) is 0 Å². The highest BCUT2D eigenvalue weighted by Gasteiger charge is 2.10. The molecule has 0 heterocycles. The lowest BCUT2D eigenvalue weighted by atomic mass is 10.1. The molecule has 1 rings (SSSR count).